The molecular formula is C17H18BrNO. The largest absolute Gasteiger partial charge is 0.457 e. The molecular weight excluding hydrogens is 314 g/mol. The van der Waals surface area contributed by atoms with Crippen LogP contribution < -0.4 is 10.1 Å². The van der Waals surface area contributed by atoms with Gasteiger partial charge in [0.05, 0.1) is 0 Å². The highest BCUT2D eigenvalue weighted by atomic mass is 79.9. The number of rotatable bonds is 5. The van der Waals surface area contributed by atoms with Gasteiger partial charge in [-0.2, -0.15) is 0 Å². The van der Waals surface area contributed by atoms with Crippen LogP contribution in [0.25, 0.3) is 0 Å². The highest BCUT2D eigenvalue weighted by Gasteiger charge is 2.20. The molecule has 0 unspecified atom stereocenters. The van der Waals surface area contributed by atoms with E-state index in [0.717, 1.165) is 22.5 Å². The van der Waals surface area contributed by atoms with Gasteiger partial charge in [-0.05, 0) is 44.0 Å². The summed E-state index contributed by atoms with van der Waals surface area (Å²) in [7, 11) is 0. The molecule has 2 nitrogen and oxygen atoms in total. The first kappa shape index (κ1) is 13.7. The monoisotopic (exact) mass is 331 g/mol. The van der Waals surface area contributed by atoms with Crippen molar-refractivity contribution in [3.8, 4) is 11.5 Å². The van der Waals surface area contributed by atoms with Crippen molar-refractivity contribution < 1.29 is 4.74 Å². The molecule has 1 aliphatic rings. The predicted molar refractivity (Wildman–Crippen MR) is 85.3 cm³/mol. The van der Waals surface area contributed by atoms with Crippen LogP contribution in [-0.2, 0) is 6.54 Å². The van der Waals surface area contributed by atoms with Crippen molar-refractivity contribution in [2.45, 2.75) is 32.4 Å². The molecule has 20 heavy (non-hydrogen) atoms. The molecule has 0 bridgehead atoms. The Balaban J connectivity index is 1.78. The molecule has 0 spiro atoms. The van der Waals surface area contributed by atoms with E-state index < -0.39 is 0 Å². The van der Waals surface area contributed by atoms with E-state index in [9.17, 15) is 0 Å². The number of hydrogen-bond donors (Lipinski definition) is 1. The van der Waals surface area contributed by atoms with E-state index >= 15 is 0 Å². The minimum absolute atomic E-state index is 0.700. The fraction of sp³-hybridized carbons (Fsp3) is 0.294. The maximum Gasteiger partial charge on any atom is 0.133 e. The van der Waals surface area contributed by atoms with Crippen LogP contribution in [0, 0.1) is 6.92 Å². The summed E-state index contributed by atoms with van der Waals surface area (Å²) in [6.07, 6.45) is 2.59. The summed E-state index contributed by atoms with van der Waals surface area (Å²) in [6, 6.07) is 15.1. The van der Waals surface area contributed by atoms with Crippen molar-refractivity contribution in [2.75, 3.05) is 0 Å². The highest BCUT2D eigenvalue weighted by Crippen LogP contribution is 2.29. The maximum absolute atomic E-state index is 6.03. The van der Waals surface area contributed by atoms with Crippen molar-refractivity contribution >= 4 is 15.9 Å². The van der Waals surface area contributed by atoms with Crippen LogP contribution >= 0.6 is 15.9 Å². The van der Waals surface area contributed by atoms with Gasteiger partial charge in [0.25, 0.3) is 0 Å². The fourth-order valence-electron chi connectivity index (χ4n) is 2.04. The van der Waals surface area contributed by atoms with E-state index in [-0.39, 0.29) is 0 Å². The Morgan fingerprint density at radius 3 is 2.60 bits per heavy atom. The molecule has 0 saturated heterocycles. The third-order valence-electron chi connectivity index (χ3n) is 3.44. The van der Waals surface area contributed by atoms with E-state index in [4.69, 9.17) is 4.74 Å². The number of hydrogen-bond acceptors (Lipinski definition) is 2. The van der Waals surface area contributed by atoms with Crippen LogP contribution in [0.1, 0.15) is 24.0 Å². The van der Waals surface area contributed by atoms with Crippen LogP contribution in [0.3, 0.4) is 0 Å². The summed E-state index contributed by atoms with van der Waals surface area (Å²) in [6.45, 7) is 2.94. The van der Waals surface area contributed by atoms with Gasteiger partial charge in [-0.15, -0.1) is 0 Å². The zero-order valence-electron chi connectivity index (χ0n) is 11.5. The topological polar surface area (TPSA) is 21.3 Å². The van der Waals surface area contributed by atoms with Crippen molar-refractivity contribution in [3.05, 3.63) is 58.1 Å². The number of aryl methyl sites for hydroxylation is 1. The smallest absolute Gasteiger partial charge is 0.133 e. The number of nitrogens with one attached hydrogen (secondary N) is 1. The summed E-state index contributed by atoms with van der Waals surface area (Å²) < 4.78 is 7.06. The van der Waals surface area contributed by atoms with Gasteiger partial charge < -0.3 is 10.1 Å². The number of ether oxygens (including phenoxy) is 1. The average Bonchev–Trinajstić information content (AvgIpc) is 3.25. The molecule has 1 aliphatic carbocycles. The van der Waals surface area contributed by atoms with E-state index in [0.29, 0.717) is 6.04 Å². The van der Waals surface area contributed by atoms with Crippen molar-refractivity contribution in [1.82, 2.24) is 5.32 Å². The van der Waals surface area contributed by atoms with Crippen molar-refractivity contribution in [1.29, 1.82) is 0 Å². The first-order valence-corrected chi connectivity index (χ1v) is 7.76. The molecule has 3 heteroatoms. The van der Waals surface area contributed by atoms with Crippen LogP contribution in [0.4, 0.5) is 0 Å². The van der Waals surface area contributed by atoms with Gasteiger partial charge in [-0.1, -0.05) is 39.7 Å². The standard InChI is InChI=1S/C17H18BrNO/c1-12-2-8-16(9-3-12)20-17-10-14(18)5-4-13(17)11-19-15-6-7-15/h2-5,8-10,15,19H,6-7,11H2,1H3. The van der Waals surface area contributed by atoms with Crippen molar-refractivity contribution in [2.24, 2.45) is 0 Å². The number of halogens is 1. The van der Waals surface area contributed by atoms with Crippen molar-refractivity contribution in [3.63, 3.8) is 0 Å². The second-order valence-electron chi connectivity index (χ2n) is 5.32. The molecule has 3 rings (SSSR count). The van der Waals surface area contributed by atoms with Gasteiger partial charge in [-0.25, -0.2) is 0 Å². The summed E-state index contributed by atoms with van der Waals surface area (Å²) >= 11 is 3.51. The third-order valence-corrected chi connectivity index (χ3v) is 3.93. The lowest BCUT2D eigenvalue weighted by molar-refractivity contribution is 0.472. The van der Waals surface area contributed by atoms with Gasteiger partial charge in [0, 0.05) is 22.6 Å². The maximum atomic E-state index is 6.03. The van der Waals surface area contributed by atoms with E-state index in [1.165, 1.54) is 24.0 Å². The first-order valence-electron chi connectivity index (χ1n) is 6.97. The highest BCUT2D eigenvalue weighted by molar-refractivity contribution is 9.10. The zero-order chi connectivity index (χ0) is 13.9. The third kappa shape index (κ3) is 3.62. The summed E-state index contributed by atoms with van der Waals surface area (Å²) in [5, 5.41) is 3.53. The second-order valence-corrected chi connectivity index (χ2v) is 6.24. The molecule has 2 aromatic carbocycles. The molecule has 1 N–H and O–H groups in total. The van der Waals surface area contributed by atoms with Gasteiger partial charge in [-0.3, -0.25) is 0 Å². The minimum Gasteiger partial charge on any atom is -0.457 e. The number of benzene rings is 2. The molecule has 0 radical (unpaired) electrons. The Hall–Kier alpha value is -1.32. The predicted octanol–water partition coefficient (Wildman–Crippen LogP) is 4.80. The SMILES string of the molecule is Cc1ccc(Oc2cc(Br)ccc2CNC2CC2)cc1. The van der Waals surface area contributed by atoms with Gasteiger partial charge >= 0.3 is 0 Å². The molecule has 2 aromatic rings. The summed E-state index contributed by atoms with van der Waals surface area (Å²) in [5.41, 5.74) is 2.43. The fourth-order valence-corrected chi connectivity index (χ4v) is 2.38. The Bertz CT molecular complexity index is 590. The lowest BCUT2D eigenvalue weighted by atomic mass is 10.2. The molecule has 1 fully saturated rings. The molecule has 0 amide bonds. The summed E-state index contributed by atoms with van der Waals surface area (Å²) in [4.78, 5) is 0. The molecule has 0 heterocycles. The van der Waals surface area contributed by atoms with Crippen LogP contribution in [0.15, 0.2) is 46.9 Å². The lowest BCUT2D eigenvalue weighted by Crippen LogP contribution is -2.15. The van der Waals surface area contributed by atoms with Gasteiger partial charge in [0.15, 0.2) is 0 Å². The van der Waals surface area contributed by atoms with E-state index in [2.05, 4.69) is 52.4 Å². The Morgan fingerprint density at radius 2 is 1.90 bits per heavy atom. The molecule has 1 saturated carbocycles. The lowest BCUT2D eigenvalue weighted by Gasteiger charge is -2.12. The molecule has 0 aliphatic heterocycles. The minimum atomic E-state index is 0.700. The molecule has 0 atom stereocenters. The van der Waals surface area contributed by atoms with Crippen LogP contribution in [0.5, 0.6) is 11.5 Å². The Kier molecular flexibility index (Phi) is 4.08. The quantitative estimate of drug-likeness (QED) is 0.849. The van der Waals surface area contributed by atoms with Gasteiger partial charge in [0.1, 0.15) is 11.5 Å². The average molecular weight is 332 g/mol. The van der Waals surface area contributed by atoms with E-state index in [1.54, 1.807) is 0 Å². The second kappa shape index (κ2) is 5.98. The Morgan fingerprint density at radius 1 is 1.15 bits per heavy atom. The molecule has 104 valence electrons. The zero-order valence-corrected chi connectivity index (χ0v) is 13.1. The molecule has 0 aromatic heterocycles. The Labute approximate surface area is 128 Å². The summed E-state index contributed by atoms with van der Waals surface area (Å²) in [5.74, 6) is 1.79. The van der Waals surface area contributed by atoms with E-state index in [1.807, 2.05) is 18.2 Å². The van der Waals surface area contributed by atoms with Gasteiger partial charge in [0.2, 0.25) is 0 Å². The first-order chi connectivity index (χ1) is 9.70. The van der Waals surface area contributed by atoms with Crippen LogP contribution in [-0.4, -0.2) is 6.04 Å². The van der Waals surface area contributed by atoms with Crippen LogP contribution in [0.2, 0.25) is 0 Å². The normalized spacial score (nSPS) is 14.3.